The Hall–Kier alpha value is -2.87. The Morgan fingerprint density at radius 2 is 1.84 bits per heavy atom. The molecule has 1 aromatic heterocycles. The second kappa shape index (κ2) is 13.1. The lowest BCUT2D eigenvalue weighted by molar-refractivity contribution is 0.0930. The molecule has 200 valence electrons. The number of aryl methyl sites for hydroxylation is 1. The predicted molar refractivity (Wildman–Crippen MR) is 147 cm³/mol. The number of ether oxygens (including phenoxy) is 1. The largest absolute Gasteiger partial charge is 0.489 e. The van der Waals surface area contributed by atoms with Crippen molar-refractivity contribution in [2.45, 2.75) is 72.3 Å². The number of amides is 1. The first kappa shape index (κ1) is 28.7. The average molecular weight is 528 g/mol. The number of aliphatic hydroxyl groups excluding tert-OH is 2. The average Bonchev–Trinajstić information content (AvgIpc) is 3.29. The fraction of sp³-hybridized carbons (Fsp3) is 0.448. The van der Waals surface area contributed by atoms with Gasteiger partial charge in [-0.25, -0.2) is 4.98 Å². The monoisotopic (exact) mass is 527 g/mol. The summed E-state index contributed by atoms with van der Waals surface area (Å²) in [5.74, 6) is 1.03. The molecule has 0 spiro atoms. The van der Waals surface area contributed by atoms with Crippen LogP contribution in [0.25, 0.3) is 11.3 Å². The lowest BCUT2D eigenvalue weighted by atomic mass is 10.0. The molecule has 0 aliphatic rings. The zero-order valence-electron chi connectivity index (χ0n) is 22.2. The molecule has 1 amide bonds. The first-order chi connectivity index (χ1) is 17.6. The maximum Gasteiger partial charge on any atom is 0.251 e. The van der Waals surface area contributed by atoms with Crippen LogP contribution < -0.4 is 10.1 Å². The molecule has 7 nitrogen and oxygen atoms in total. The highest BCUT2D eigenvalue weighted by Gasteiger charge is 2.20. The van der Waals surface area contributed by atoms with Gasteiger partial charge in [0.25, 0.3) is 5.91 Å². The Kier molecular flexibility index (Phi) is 10.1. The van der Waals surface area contributed by atoms with Crippen molar-refractivity contribution in [3.8, 4) is 17.0 Å². The van der Waals surface area contributed by atoms with Crippen molar-refractivity contribution in [2.24, 2.45) is 5.92 Å². The molecule has 2 unspecified atom stereocenters. The fourth-order valence-corrected chi connectivity index (χ4v) is 4.32. The van der Waals surface area contributed by atoms with Crippen LogP contribution in [0, 0.1) is 5.92 Å². The number of nitrogens with zero attached hydrogens (tertiary/aromatic N) is 2. The number of rotatable bonds is 12. The molecule has 3 N–H and O–H groups in total. The molecule has 0 bridgehead atoms. The van der Waals surface area contributed by atoms with Crippen molar-refractivity contribution in [1.82, 2.24) is 14.9 Å². The summed E-state index contributed by atoms with van der Waals surface area (Å²) in [5.41, 5.74) is 3.23. The van der Waals surface area contributed by atoms with Gasteiger partial charge in [-0.3, -0.25) is 4.79 Å². The van der Waals surface area contributed by atoms with Gasteiger partial charge in [0, 0.05) is 36.5 Å². The number of hydrogen-bond acceptors (Lipinski definition) is 5. The van der Waals surface area contributed by atoms with Gasteiger partial charge in [-0.1, -0.05) is 49.7 Å². The molecule has 0 saturated carbocycles. The summed E-state index contributed by atoms with van der Waals surface area (Å²) in [6.07, 6.45) is 2.31. The van der Waals surface area contributed by atoms with Crippen LogP contribution in [0.2, 0.25) is 5.02 Å². The van der Waals surface area contributed by atoms with Crippen LogP contribution in [-0.2, 0) is 13.0 Å². The van der Waals surface area contributed by atoms with E-state index in [0.717, 1.165) is 23.4 Å². The van der Waals surface area contributed by atoms with Crippen LogP contribution in [0.15, 0.2) is 48.7 Å². The third kappa shape index (κ3) is 7.57. The molecule has 3 aromatic rings. The van der Waals surface area contributed by atoms with Crippen molar-refractivity contribution in [1.29, 1.82) is 0 Å². The Labute approximate surface area is 224 Å². The molecule has 3 rings (SSSR count). The number of hydrogen-bond donors (Lipinski definition) is 3. The smallest absolute Gasteiger partial charge is 0.251 e. The van der Waals surface area contributed by atoms with Gasteiger partial charge in [0.15, 0.2) is 0 Å². The first-order valence-electron chi connectivity index (χ1n) is 12.8. The zero-order chi connectivity index (χ0) is 27.1. The van der Waals surface area contributed by atoms with Gasteiger partial charge in [-0.2, -0.15) is 0 Å². The van der Waals surface area contributed by atoms with Crippen molar-refractivity contribution >= 4 is 17.5 Å². The molecular formula is C29H38ClN3O4. The Balaban J connectivity index is 1.70. The molecule has 2 aromatic carbocycles. The number of imidazole rings is 1. The summed E-state index contributed by atoms with van der Waals surface area (Å²) in [4.78, 5) is 17.6. The Morgan fingerprint density at radius 1 is 1.14 bits per heavy atom. The number of halogens is 1. The van der Waals surface area contributed by atoms with E-state index in [1.807, 2.05) is 69.6 Å². The van der Waals surface area contributed by atoms with E-state index in [1.165, 1.54) is 0 Å². The van der Waals surface area contributed by atoms with E-state index in [2.05, 4.69) is 5.32 Å². The number of nitrogens with one attached hydrogen (secondary N) is 1. The minimum Gasteiger partial charge on any atom is -0.489 e. The molecule has 37 heavy (non-hydrogen) atoms. The summed E-state index contributed by atoms with van der Waals surface area (Å²) in [6, 6.07) is 12.7. The van der Waals surface area contributed by atoms with Crippen molar-refractivity contribution in [3.05, 3.63) is 70.6 Å². The quantitative estimate of drug-likeness (QED) is 0.292. The summed E-state index contributed by atoms with van der Waals surface area (Å²) >= 11 is 6.30. The van der Waals surface area contributed by atoms with Gasteiger partial charge in [0.1, 0.15) is 17.7 Å². The van der Waals surface area contributed by atoms with E-state index >= 15 is 0 Å². The molecule has 0 radical (unpaired) electrons. The van der Waals surface area contributed by atoms with Crippen LogP contribution in [0.3, 0.4) is 0 Å². The van der Waals surface area contributed by atoms with Crippen molar-refractivity contribution in [3.63, 3.8) is 0 Å². The standard InChI is InChI=1S/C29H38ClN3O4/c1-6-33-17-25(32-28(33)27(35)18(2)3)21-9-7-20(8-10-21)15-23(13-14-34)31-29(36)22-11-12-26(24(30)16-22)37-19(4)5/h7-12,16-19,23,27,34-35H,6,13-15H2,1-5H3,(H,31,36). The lowest BCUT2D eigenvalue weighted by Gasteiger charge is -2.19. The van der Waals surface area contributed by atoms with Crippen molar-refractivity contribution < 1.29 is 19.7 Å². The normalized spacial score (nSPS) is 13.1. The summed E-state index contributed by atoms with van der Waals surface area (Å²) in [7, 11) is 0. The number of benzene rings is 2. The molecule has 0 aliphatic carbocycles. The minimum absolute atomic E-state index is 0.0199. The van der Waals surface area contributed by atoms with Crippen LogP contribution in [0.5, 0.6) is 5.75 Å². The van der Waals surface area contributed by atoms with Gasteiger partial charge < -0.3 is 24.8 Å². The topological polar surface area (TPSA) is 96.6 Å². The third-order valence-corrected chi connectivity index (χ3v) is 6.44. The maximum atomic E-state index is 12.9. The number of carbonyl (C=O) groups is 1. The number of carbonyl (C=O) groups excluding carboxylic acids is 1. The summed E-state index contributed by atoms with van der Waals surface area (Å²) in [6.45, 7) is 10.5. The van der Waals surface area contributed by atoms with E-state index < -0.39 is 6.10 Å². The lowest BCUT2D eigenvalue weighted by Crippen LogP contribution is -2.37. The van der Waals surface area contributed by atoms with E-state index in [0.29, 0.717) is 35.0 Å². The van der Waals surface area contributed by atoms with E-state index in [1.54, 1.807) is 18.2 Å². The summed E-state index contributed by atoms with van der Waals surface area (Å²) in [5, 5.41) is 23.5. The second-order valence-electron chi connectivity index (χ2n) is 9.85. The highest BCUT2D eigenvalue weighted by Crippen LogP contribution is 2.28. The highest BCUT2D eigenvalue weighted by atomic mass is 35.5. The van der Waals surface area contributed by atoms with Crippen molar-refractivity contribution in [2.75, 3.05) is 6.61 Å². The van der Waals surface area contributed by atoms with Gasteiger partial charge >= 0.3 is 0 Å². The molecule has 0 fully saturated rings. The highest BCUT2D eigenvalue weighted by molar-refractivity contribution is 6.32. The van der Waals surface area contributed by atoms with Crippen LogP contribution in [-0.4, -0.2) is 44.4 Å². The molecule has 1 heterocycles. The first-order valence-corrected chi connectivity index (χ1v) is 13.2. The van der Waals surface area contributed by atoms with E-state index in [9.17, 15) is 15.0 Å². The van der Waals surface area contributed by atoms with Crippen LogP contribution >= 0.6 is 11.6 Å². The van der Waals surface area contributed by atoms with Gasteiger partial charge in [-0.05, 0) is 63.3 Å². The third-order valence-electron chi connectivity index (χ3n) is 6.15. The molecule has 8 heteroatoms. The van der Waals surface area contributed by atoms with E-state index in [-0.39, 0.29) is 30.6 Å². The van der Waals surface area contributed by atoms with Crippen LogP contribution in [0.4, 0.5) is 0 Å². The molecule has 0 saturated heterocycles. The minimum atomic E-state index is -0.621. The number of aliphatic hydroxyl groups is 2. The zero-order valence-corrected chi connectivity index (χ0v) is 23.0. The number of aromatic nitrogens is 2. The SMILES string of the molecule is CCn1cc(-c2ccc(CC(CCO)NC(=O)c3ccc(OC(C)C)c(Cl)c3)cc2)nc1C(O)C(C)C. The van der Waals surface area contributed by atoms with Gasteiger partial charge in [0.05, 0.1) is 16.8 Å². The molecular weight excluding hydrogens is 490 g/mol. The fourth-order valence-electron chi connectivity index (χ4n) is 4.09. The van der Waals surface area contributed by atoms with Gasteiger partial charge in [0.2, 0.25) is 0 Å². The summed E-state index contributed by atoms with van der Waals surface area (Å²) < 4.78 is 7.62. The Morgan fingerprint density at radius 3 is 2.41 bits per heavy atom. The maximum absolute atomic E-state index is 12.9. The molecule has 0 aliphatic heterocycles. The Bertz CT molecular complexity index is 1170. The molecule has 2 atom stereocenters. The van der Waals surface area contributed by atoms with Gasteiger partial charge in [-0.15, -0.1) is 0 Å². The van der Waals surface area contributed by atoms with Crippen LogP contribution in [0.1, 0.15) is 68.9 Å². The van der Waals surface area contributed by atoms with E-state index in [4.69, 9.17) is 21.3 Å². The second-order valence-corrected chi connectivity index (χ2v) is 10.3. The predicted octanol–water partition coefficient (Wildman–Crippen LogP) is 5.42.